The standard InChI is InChI=1S/C13H10N2O5S/c16-10(7-14-5-6-21-13(14)19)20-15-11(17)8-3-1-2-4-9(8)12(15)18/h1-4H,5-7H2. The lowest BCUT2D eigenvalue weighted by Crippen LogP contribution is -2.38. The van der Waals surface area contributed by atoms with Crippen LogP contribution in [0.15, 0.2) is 24.3 Å². The first kappa shape index (κ1) is 13.6. The van der Waals surface area contributed by atoms with Gasteiger partial charge in [0.05, 0.1) is 11.1 Å². The molecule has 2 heterocycles. The van der Waals surface area contributed by atoms with Crippen molar-refractivity contribution >= 4 is 34.8 Å². The maximum atomic E-state index is 12.0. The Morgan fingerprint density at radius 1 is 1.14 bits per heavy atom. The molecule has 0 atom stereocenters. The van der Waals surface area contributed by atoms with Crippen molar-refractivity contribution in [3.8, 4) is 0 Å². The van der Waals surface area contributed by atoms with Crippen LogP contribution in [0, 0.1) is 0 Å². The molecule has 108 valence electrons. The van der Waals surface area contributed by atoms with Gasteiger partial charge in [-0.05, 0) is 12.1 Å². The van der Waals surface area contributed by atoms with Gasteiger partial charge in [-0.25, -0.2) is 4.79 Å². The van der Waals surface area contributed by atoms with Crippen molar-refractivity contribution in [1.82, 2.24) is 9.96 Å². The highest BCUT2D eigenvalue weighted by atomic mass is 32.2. The number of amides is 3. The molecule has 3 rings (SSSR count). The second kappa shape index (κ2) is 5.21. The molecule has 0 N–H and O–H groups in total. The summed E-state index contributed by atoms with van der Waals surface area (Å²) in [4.78, 5) is 53.3. The lowest BCUT2D eigenvalue weighted by Gasteiger charge is -2.16. The van der Waals surface area contributed by atoms with Crippen LogP contribution in [0.3, 0.4) is 0 Å². The number of thioether (sulfide) groups is 1. The van der Waals surface area contributed by atoms with E-state index in [1.54, 1.807) is 12.1 Å². The van der Waals surface area contributed by atoms with Crippen molar-refractivity contribution in [2.75, 3.05) is 18.8 Å². The third-order valence-electron chi connectivity index (χ3n) is 3.11. The summed E-state index contributed by atoms with van der Waals surface area (Å²) < 4.78 is 0. The molecule has 2 aliphatic rings. The molecule has 1 saturated heterocycles. The van der Waals surface area contributed by atoms with Crippen LogP contribution in [0.4, 0.5) is 4.79 Å². The monoisotopic (exact) mass is 306 g/mol. The van der Waals surface area contributed by atoms with Crippen LogP contribution < -0.4 is 0 Å². The number of hydrogen-bond donors (Lipinski definition) is 0. The van der Waals surface area contributed by atoms with E-state index in [-0.39, 0.29) is 22.9 Å². The van der Waals surface area contributed by atoms with Gasteiger partial charge in [-0.3, -0.25) is 14.4 Å². The second-order valence-electron chi connectivity index (χ2n) is 4.45. The van der Waals surface area contributed by atoms with Gasteiger partial charge in [-0.15, -0.1) is 0 Å². The molecule has 1 aromatic carbocycles. The molecule has 0 aliphatic carbocycles. The van der Waals surface area contributed by atoms with Gasteiger partial charge in [-0.1, -0.05) is 29.0 Å². The highest BCUT2D eigenvalue weighted by Gasteiger charge is 2.39. The number of carbonyl (C=O) groups excluding carboxylic acids is 4. The minimum atomic E-state index is -0.819. The number of hydroxylamine groups is 2. The van der Waals surface area contributed by atoms with E-state index in [0.29, 0.717) is 17.4 Å². The number of benzene rings is 1. The predicted octanol–water partition coefficient (Wildman–Crippen LogP) is 0.910. The number of imide groups is 1. The molecular formula is C13H10N2O5S. The minimum absolute atomic E-state index is 0.197. The van der Waals surface area contributed by atoms with Gasteiger partial charge < -0.3 is 9.74 Å². The molecule has 8 heteroatoms. The summed E-state index contributed by atoms with van der Waals surface area (Å²) in [5.74, 6) is -1.56. The first-order chi connectivity index (χ1) is 10.1. The van der Waals surface area contributed by atoms with Crippen molar-refractivity contribution in [2.45, 2.75) is 0 Å². The number of carbonyl (C=O) groups is 4. The van der Waals surface area contributed by atoms with Crippen molar-refractivity contribution in [3.63, 3.8) is 0 Å². The summed E-state index contributed by atoms with van der Waals surface area (Å²) in [6, 6.07) is 6.22. The number of nitrogens with zero attached hydrogens (tertiary/aromatic N) is 2. The van der Waals surface area contributed by atoms with Gasteiger partial charge in [0.15, 0.2) is 0 Å². The Balaban J connectivity index is 1.69. The molecule has 1 fully saturated rings. The molecule has 21 heavy (non-hydrogen) atoms. The highest BCUT2D eigenvalue weighted by Crippen LogP contribution is 2.23. The van der Waals surface area contributed by atoms with Gasteiger partial charge in [0.2, 0.25) is 0 Å². The van der Waals surface area contributed by atoms with Crippen LogP contribution >= 0.6 is 11.8 Å². The zero-order valence-electron chi connectivity index (χ0n) is 10.8. The third-order valence-corrected chi connectivity index (χ3v) is 4.01. The van der Waals surface area contributed by atoms with Crippen molar-refractivity contribution < 1.29 is 24.0 Å². The zero-order valence-corrected chi connectivity index (χ0v) is 11.6. The topological polar surface area (TPSA) is 84.0 Å². The van der Waals surface area contributed by atoms with Crippen LogP contribution in [0.2, 0.25) is 0 Å². The zero-order chi connectivity index (χ0) is 15.0. The maximum Gasteiger partial charge on any atom is 0.352 e. The molecule has 0 spiro atoms. The Morgan fingerprint density at radius 3 is 2.29 bits per heavy atom. The maximum absolute atomic E-state index is 12.0. The summed E-state index contributed by atoms with van der Waals surface area (Å²) in [7, 11) is 0. The summed E-state index contributed by atoms with van der Waals surface area (Å²) in [6.07, 6.45) is 0. The normalized spacial score (nSPS) is 17.4. The van der Waals surface area contributed by atoms with E-state index in [0.717, 1.165) is 11.8 Å². The van der Waals surface area contributed by atoms with E-state index in [2.05, 4.69) is 0 Å². The lowest BCUT2D eigenvalue weighted by molar-refractivity contribution is -0.168. The minimum Gasteiger partial charge on any atom is -0.328 e. The molecular weight excluding hydrogens is 296 g/mol. The predicted molar refractivity (Wildman–Crippen MR) is 72.5 cm³/mol. The number of rotatable bonds is 3. The largest absolute Gasteiger partial charge is 0.352 e. The van der Waals surface area contributed by atoms with Crippen molar-refractivity contribution in [1.29, 1.82) is 0 Å². The summed E-state index contributed by atoms with van der Waals surface area (Å²) in [5, 5.41) is 0.232. The lowest BCUT2D eigenvalue weighted by atomic mass is 10.1. The van der Waals surface area contributed by atoms with E-state index in [9.17, 15) is 19.2 Å². The third kappa shape index (κ3) is 2.38. The smallest absolute Gasteiger partial charge is 0.328 e. The fourth-order valence-corrected chi connectivity index (χ4v) is 2.93. The van der Waals surface area contributed by atoms with Crippen LogP contribution in [0.5, 0.6) is 0 Å². The Bertz CT molecular complexity index is 625. The van der Waals surface area contributed by atoms with E-state index in [1.807, 2.05) is 0 Å². The van der Waals surface area contributed by atoms with E-state index < -0.39 is 17.8 Å². The number of hydrogen-bond acceptors (Lipinski definition) is 6. The quantitative estimate of drug-likeness (QED) is 0.772. The molecule has 0 bridgehead atoms. The Morgan fingerprint density at radius 2 is 1.76 bits per heavy atom. The Kier molecular flexibility index (Phi) is 3.38. The van der Waals surface area contributed by atoms with Crippen LogP contribution in [-0.2, 0) is 9.63 Å². The Labute approximate surface area is 123 Å². The fourth-order valence-electron chi connectivity index (χ4n) is 2.11. The average Bonchev–Trinajstić information content (AvgIpc) is 2.97. The van der Waals surface area contributed by atoms with Crippen LogP contribution in [0.25, 0.3) is 0 Å². The van der Waals surface area contributed by atoms with Crippen LogP contribution in [-0.4, -0.2) is 51.8 Å². The summed E-state index contributed by atoms with van der Waals surface area (Å²) in [5.41, 5.74) is 0.395. The van der Waals surface area contributed by atoms with E-state index in [1.165, 1.54) is 17.0 Å². The van der Waals surface area contributed by atoms with Gasteiger partial charge in [0.1, 0.15) is 6.54 Å². The van der Waals surface area contributed by atoms with Gasteiger partial charge in [0, 0.05) is 12.3 Å². The molecule has 0 saturated carbocycles. The van der Waals surface area contributed by atoms with Crippen molar-refractivity contribution in [2.24, 2.45) is 0 Å². The molecule has 0 radical (unpaired) electrons. The van der Waals surface area contributed by atoms with Gasteiger partial charge >= 0.3 is 5.97 Å². The summed E-state index contributed by atoms with van der Waals surface area (Å²) >= 11 is 1.11. The molecule has 0 unspecified atom stereocenters. The molecule has 7 nitrogen and oxygen atoms in total. The number of fused-ring (bicyclic) bond motifs is 1. The summed E-state index contributed by atoms with van der Waals surface area (Å²) in [6.45, 7) is 0.167. The fraction of sp³-hybridized carbons (Fsp3) is 0.231. The van der Waals surface area contributed by atoms with E-state index >= 15 is 0 Å². The molecule has 3 amide bonds. The highest BCUT2D eigenvalue weighted by molar-refractivity contribution is 8.13. The van der Waals surface area contributed by atoms with E-state index in [4.69, 9.17) is 4.84 Å². The SMILES string of the molecule is O=C(CN1CCSC1=O)ON1C(=O)c2ccccc2C1=O. The van der Waals surface area contributed by atoms with Crippen molar-refractivity contribution in [3.05, 3.63) is 35.4 Å². The van der Waals surface area contributed by atoms with Crippen LogP contribution in [0.1, 0.15) is 20.7 Å². The van der Waals surface area contributed by atoms with Gasteiger partial charge in [0.25, 0.3) is 17.1 Å². The Hall–Kier alpha value is -2.35. The first-order valence-corrected chi connectivity index (χ1v) is 7.17. The molecule has 1 aromatic rings. The second-order valence-corrected chi connectivity index (χ2v) is 5.50. The average molecular weight is 306 g/mol. The molecule has 2 aliphatic heterocycles. The molecule has 0 aromatic heterocycles. The first-order valence-electron chi connectivity index (χ1n) is 6.18. The van der Waals surface area contributed by atoms with Gasteiger partial charge in [-0.2, -0.15) is 0 Å².